The van der Waals surface area contributed by atoms with E-state index < -0.39 is 66.6 Å². The predicted molar refractivity (Wildman–Crippen MR) is 329 cm³/mol. The van der Waals surface area contributed by atoms with Gasteiger partial charge in [0.25, 0.3) is 22.9 Å². The van der Waals surface area contributed by atoms with Gasteiger partial charge in [0.2, 0.25) is 5.88 Å². The Morgan fingerprint density at radius 1 is 0.622 bits per heavy atom. The number of aromatic amines is 2. The molecule has 0 aliphatic carbocycles. The molecule has 90 heavy (non-hydrogen) atoms. The summed E-state index contributed by atoms with van der Waals surface area (Å²) < 4.78 is 107. The van der Waals surface area contributed by atoms with Crippen LogP contribution in [0.2, 0.25) is 0 Å². The SMILES string of the molecule is CNc1cc(-c2ccn3c([C@H](C)N4CCN(C(COc5cc(-c6ccn7c(C(C)N8CCN(CC(F)(F)F)CC8)c(C)c(C(=O)NCc8c(OC)cc(C)[nH]c8=O)cc67)ccn5)C(F)(F)F)CC4)c(C)c(C(=O)NCc4c(OC)cc(C)[nH]c4=O)cc23)ccn1. The van der Waals surface area contributed by atoms with Crippen LogP contribution < -0.4 is 41.3 Å². The van der Waals surface area contributed by atoms with E-state index in [1.807, 2.05) is 66.2 Å². The number of H-pyrrole nitrogens is 2. The molecule has 26 heteroatoms. The van der Waals surface area contributed by atoms with Crippen molar-refractivity contribution in [2.24, 2.45) is 0 Å². The van der Waals surface area contributed by atoms with E-state index in [2.05, 4.69) is 45.7 Å². The fourth-order valence-corrected chi connectivity index (χ4v) is 12.6. The molecule has 2 unspecified atom stereocenters. The van der Waals surface area contributed by atoms with Crippen molar-refractivity contribution in [1.82, 2.24) is 59.0 Å². The normalized spacial score (nSPS) is 15.9. The van der Waals surface area contributed by atoms with Crippen LogP contribution in [0.15, 0.2) is 95.0 Å². The zero-order valence-electron chi connectivity index (χ0n) is 51.5. The minimum absolute atomic E-state index is 0.0203. The molecule has 478 valence electrons. The fraction of sp³-hybridized carbons (Fsp3) is 0.406. The average molecular weight is 1250 g/mol. The van der Waals surface area contributed by atoms with Gasteiger partial charge < -0.3 is 48.9 Å². The Morgan fingerprint density at radius 3 is 1.53 bits per heavy atom. The molecular weight excluding hydrogens is 1180 g/mol. The molecule has 8 aromatic rings. The van der Waals surface area contributed by atoms with Gasteiger partial charge in [0.15, 0.2) is 0 Å². The van der Waals surface area contributed by atoms with Crippen LogP contribution in [0, 0.1) is 27.7 Å². The lowest BCUT2D eigenvalue weighted by Gasteiger charge is -2.42. The Bertz CT molecular complexity index is 4090. The smallest absolute Gasteiger partial charge is 0.407 e. The molecule has 2 aliphatic rings. The molecule has 3 atom stereocenters. The summed E-state index contributed by atoms with van der Waals surface area (Å²) >= 11 is 0. The molecule has 5 N–H and O–H groups in total. The predicted octanol–water partition coefficient (Wildman–Crippen LogP) is 8.77. The molecule has 20 nitrogen and oxygen atoms in total. The van der Waals surface area contributed by atoms with Crippen LogP contribution in [0.5, 0.6) is 17.4 Å². The summed E-state index contributed by atoms with van der Waals surface area (Å²) in [5.41, 5.74) is 8.05. The third-order valence-corrected chi connectivity index (χ3v) is 17.4. The molecule has 8 aromatic heterocycles. The van der Waals surface area contributed by atoms with E-state index in [0.717, 1.165) is 16.8 Å². The molecule has 0 aromatic carbocycles. The minimum atomic E-state index is -4.71. The van der Waals surface area contributed by atoms with E-state index in [-0.39, 0.29) is 80.7 Å². The Morgan fingerprint density at radius 2 is 1.08 bits per heavy atom. The van der Waals surface area contributed by atoms with Crippen molar-refractivity contribution >= 4 is 28.7 Å². The lowest BCUT2D eigenvalue weighted by atomic mass is 9.98. The van der Waals surface area contributed by atoms with Crippen LogP contribution in [0.1, 0.15) is 91.7 Å². The molecule has 10 heterocycles. The van der Waals surface area contributed by atoms with Crippen LogP contribution in [0.3, 0.4) is 0 Å². The molecular formula is C64H73F6N13O7. The number of carbonyl (C=O) groups excluding carboxylic acids is 2. The molecule has 10 rings (SSSR count). The molecule has 2 amide bonds. The quantitative estimate of drug-likeness (QED) is 0.0452. The number of nitrogens with one attached hydrogen (secondary N) is 5. The Kier molecular flexibility index (Phi) is 18.8. The third kappa shape index (κ3) is 13.6. The summed E-state index contributed by atoms with van der Waals surface area (Å²) in [6.07, 6.45) is -2.22. The van der Waals surface area contributed by atoms with Gasteiger partial charge in [-0.15, -0.1) is 0 Å². The maximum atomic E-state index is 15.3. The van der Waals surface area contributed by atoms with Crippen molar-refractivity contribution < 1.29 is 50.1 Å². The van der Waals surface area contributed by atoms with Crippen molar-refractivity contribution in [3.8, 4) is 39.6 Å². The highest BCUT2D eigenvalue weighted by Crippen LogP contribution is 2.38. The van der Waals surface area contributed by atoms with Gasteiger partial charge in [0.05, 0.1) is 56.0 Å². The number of pyridine rings is 6. The summed E-state index contributed by atoms with van der Waals surface area (Å²) in [6, 6.07) is 14.7. The molecule has 2 saturated heterocycles. The lowest BCUT2D eigenvalue weighted by molar-refractivity contribution is -0.195. The van der Waals surface area contributed by atoms with Crippen LogP contribution in [0.4, 0.5) is 32.2 Å². The topological polar surface area (TPSA) is 211 Å². The highest BCUT2D eigenvalue weighted by atomic mass is 19.4. The first-order valence-electron chi connectivity index (χ1n) is 29.6. The van der Waals surface area contributed by atoms with E-state index in [0.29, 0.717) is 80.6 Å². The summed E-state index contributed by atoms with van der Waals surface area (Å²) in [5, 5.41) is 8.87. The van der Waals surface area contributed by atoms with Crippen LogP contribution >= 0.6 is 0 Å². The van der Waals surface area contributed by atoms with Crippen molar-refractivity contribution in [3.63, 3.8) is 0 Å². The first kappa shape index (κ1) is 64.3. The van der Waals surface area contributed by atoms with Gasteiger partial charge in [0, 0.05) is 147 Å². The number of rotatable bonds is 20. The Balaban J connectivity index is 0.892. The average Bonchev–Trinajstić information content (AvgIpc) is 1.76. The van der Waals surface area contributed by atoms with Gasteiger partial charge in [0.1, 0.15) is 30.0 Å². The number of methoxy groups -OCH3 is 2. The summed E-state index contributed by atoms with van der Waals surface area (Å²) in [6.45, 7) is 10.3. The number of aryl methyl sites for hydroxylation is 2. The number of aromatic nitrogens is 6. The van der Waals surface area contributed by atoms with Crippen molar-refractivity contribution in [3.05, 3.63) is 162 Å². The number of carbonyl (C=O) groups is 2. The van der Waals surface area contributed by atoms with E-state index in [1.54, 1.807) is 70.4 Å². The van der Waals surface area contributed by atoms with Gasteiger partial charge in [-0.05, 0) is 118 Å². The number of nitrogens with zero attached hydrogens (tertiary/aromatic N) is 8. The third-order valence-electron chi connectivity index (χ3n) is 17.4. The number of ether oxygens (including phenoxy) is 3. The van der Waals surface area contributed by atoms with Crippen molar-refractivity contribution in [1.29, 1.82) is 0 Å². The van der Waals surface area contributed by atoms with Crippen molar-refractivity contribution in [2.75, 3.05) is 92.1 Å². The zero-order valence-corrected chi connectivity index (χ0v) is 51.5. The standard InChI is InChI=1S/C64H73F6N13O7/c1-36-26-52(88-8)48(61(86)76-36)32-74-59(84)46-30-50-44(42-10-14-72-55(28-42)71-7)12-16-82(50)58(39(46)4)41(6)80-22-24-81(25-23-80)54(64(68,69)70)34-90-56-29-43(11-15-73-56)45-13-17-83-51(45)31-47(60(85)75-33-49-53(89-9)27-37(2)77-62(49)87)38(3)57(83)40(5)79-20-18-78(19-21-79)35-63(65,66)67/h10-17,26-31,40-41,54H,18-25,32-35H2,1-9H3,(H,71,72)(H,74,84)(H,75,85)(H,76,86)(H,77,87)/t40?,41-,54?/m0/s1. The van der Waals surface area contributed by atoms with Crippen LogP contribution in [-0.2, 0) is 13.1 Å². The number of hydrogen-bond donors (Lipinski definition) is 5. The molecule has 2 fully saturated rings. The van der Waals surface area contributed by atoms with E-state index in [1.165, 1.54) is 30.2 Å². The number of anilines is 1. The molecule has 0 saturated carbocycles. The highest BCUT2D eigenvalue weighted by Gasteiger charge is 2.46. The van der Waals surface area contributed by atoms with Crippen molar-refractivity contribution in [2.45, 2.75) is 85.1 Å². The fourth-order valence-electron chi connectivity index (χ4n) is 12.6. The number of fused-ring (bicyclic) bond motifs is 2. The van der Waals surface area contributed by atoms with Crippen LogP contribution in [0.25, 0.3) is 33.3 Å². The number of hydrogen-bond acceptors (Lipinski definition) is 14. The number of halogens is 6. The number of alkyl halides is 6. The minimum Gasteiger partial charge on any atom is -0.496 e. The Hall–Kier alpha value is -8.72. The van der Waals surface area contributed by atoms with Gasteiger partial charge in [-0.25, -0.2) is 9.97 Å². The summed E-state index contributed by atoms with van der Waals surface area (Å²) in [7, 11) is 4.63. The monoisotopic (exact) mass is 1250 g/mol. The summed E-state index contributed by atoms with van der Waals surface area (Å²) in [4.78, 5) is 75.9. The Labute approximate surface area is 515 Å². The second-order valence-electron chi connectivity index (χ2n) is 22.9. The summed E-state index contributed by atoms with van der Waals surface area (Å²) in [5.74, 6) is 0.221. The maximum absolute atomic E-state index is 15.3. The van der Waals surface area contributed by atoms with E-state index >= 15 is 13.2 Å². The maximum Gasteiger partial charge on any atom is 0.407 e. The first-order chi connectivity index (χ1) is 42.9. The van der Waals surface area contributed by atoms with Gasteiger partial charge in [-0.2, -0.15) is 26.3 Å². The van der Waals surface area contributed by atoms with Gasteiger partial charge in [-0.3, -0.25) is 38.8 Å². The largest absolute Gasteiger partial charge is 0.496 e. The van der Waals surface area contributed by atoms with Gasteiger partial charge in [-0.1, -0.05) is 0 Å². The number of amides is 2. The molecule has 0 spiro atoms. The molecule has 0 radical (unpaired) electrons. The first-order valence-corrected chi connectivity index (χ1v) is 29.6. The number of piperazine rings is 2. The van der Waals surface area contributed by atoms with Crippen LogP contribution in [-0.4, -0.2) is 165 Å². The second kappa shape index (κ2) is 26.4. The van der Waals surface area contributed by atoms with E-state index in [4.69, 9.17) is 14.2 Å². The highest BCUT2D eigenvalue weighted by molar-refractivity contribution is 6.00. The van der Waals surface area contributed by atoms with Gasteiger partial charge >= 0.3 is 12.4 Å². The van der Waals surface area contributed by atoms with E-state index in [9.17, 15) is 32.3 Å². The second-order valence-corrected chi connectivity index (χ2v) is 22.9. The zero-order chi connectivity index (χ0) is 64.5. The lowest BCUT2D eigenvalue weighted by Crippen LogP contribution is -2.57. The molecule has 0 bridgehead atoms. The molecule has 2 aliphatic heterocycles.